The molecule has 0 saturated heterocycles. The fourth-order valence-corrected chi connectivity index (χ4v) is 3.34. The van der Waals surface area contributed by atoms with Gasteiger partial charge in [-0.15, -0.1) is 11.8 Å². The van der Waals surface area contributed by atoms with E-state index in [9.17, 15) is 4.79 Å². The van der Waals surface area contributed by atoms with E-state index in [0.29, 0.717) is 12.0 Å². The molecule has 0 radical (unpaired) electrons. The van der Waals surface area contributed by atoms with Crippen molar-refractivity contribution >= 4 is 23.4 Å². The van der Waals surface area contributed by atoms with Crippen LogP contribution in [0, 0.1) is 11.3 Å². The van der Waals surface area contributed by atoms with Gasteiger partial charge in [0.05, 0.1) is 17.3 Å². The number of carbonyl (C=O) groups excluding carboxylic acids is 1. The summed E-state index contributed by atoms with van der Waals surface area (Å²) in [5.41, 5.74) is 3.57. The Bertz CT molecular complexity index is 719. The zero-order chi connectivity index (χ0) is 13.9. The molecule has 0 aliphatic carbocycles. The van der Waals surface area contributed by atoms with E-state index in [1.54, 1.807) is 17.8 Å². The Hall–Kier alpha value is -2.25. The molecule has 1 heterocycles. The SMILES string of the molecule is N#Cc1cccc(-c2cccc3c2SCCC(=O)N3)c1. The van der Waals surface area contributed by atoms with Gasteiger partial charge < -0.3 is 5.32 Å². The van der Waals surface area contributed by atoms with E-state index < -0.39 is 0 Å². The summed E-state index contributed by atoms with van der Waals surface area (Å²) < 4.78 is 0. The van der Waals surface area contributed by atoms with Gasteiger partial charge in [-0.1, -0.05) is 24.3 Å². The summed E-state index contributed by atoms with van der Waals surface area (Å²) >= 11 is 1.68. The molecule has 20 heavy (non-hydrogen) atoms. The number of benzene rings is 2. The van der Waals surface area contributed by atoms with Crippen molar-refractivity contribution in [1.82, 2.24) is 0 Å². The van der Waals surface area contributed by atoms with Crippen molar-refractivity contribution in [3.63, 3.8) is 0 Å². The topological polar surface area (TPSA) is 52.9 Å². The molecular weight excluding hydrogens is 268 g/mol. The number of fused-ring (bicyclic) bond motifs is 1. The molecule has 1 N–H and O–H groups in total. The van der Waals surface area contributed by atoms with Gasteiger partial charge in [-0.05, 0) is 29.3 Å². The maximum atomic E-state index is 11.6. The van der Waals surface area contributed by atoms with Crippen molar-refractivity contribution in [2.75, 3.05) is 11.1 Å². The molecule has 2 aromatic carbocycles. The van der Waals surface area contributed by atoms with E-state index in [2.05, 4.69) is 11.4 Å². The lowest BCUT2D eigenvalue weighted by Gasteiger charge is -2.12. The van der Waals surface area contributed by atoms with E-state index >= 15 is 0 Å². The summed E-state index contributed by atoms with van der Waals surface area (Å²) in [4.78, 5) is 12.7. The Morgan fingerprint density at radius 2 is 2.05 bits per heavy atom. The second kappa shape index (κ2) is 5.40. The molecule has 4 heteroatoms. The van der Waals surface area contributed by atoms with E-state index in [1.807, 2.05) is 36.4 Å². The molecule has 3 nitrogen and oxygen atoms in total. The number of amides is 1. The minimum Gasteiger partial charge on any atom is -0.325 e. The first-order chi connectivity index (χ1) is 9.78. The van der Waals surface area contributed by atoms with Crippen LogP contribution >= 0.6 is 11.8 Å². The largest absolute Gasteiger partial charge is 0.325 e. The van der Waals surface area contributed by atoms with Crippen molar-refractivity contribution in [2.45, 2.75) is 11.3 Å². The van der Waals surface area contributed by atoms with Crippen LogP contribution in [0.3, 0.4) is 0 Å². The number of nitriles is 1. The van der Waals surface area contributed by atoms with Crippen molar-refractivity contribution in [3.8, 4) is 17.2 Å². The average Bonchev–Trinajstić information content (AvgIpc) is 2.67. The Morgan fingerprint density at radius 3 is 2.90 bits per heavy atom. The number of carbonyl (C=O) groups is 1. The van der Waals surface area contributed by atoms with Crippen molar-refractivity contribution < 1.29 is 4.79 Å². The molecule has 2 aromatic rings. The molecule has 0 fully saturated rings. The number of thioether (sulfide) groups is 1. The predicted molar refractivity (Wildman–Crippen MR) is 80.6 cm³/mol. The molecule has 0 aromatic heterocycles. The zero-order valence-corrected chi connectivity index (χ0v) is 11.5. The highest BCUT2D eigenvalue weighted by molar-refractivity contribution is 7.99. The second-order valence-corrected chi connectivity index (χ2v) is 5.63. The number of anilines is 1. The summed E-state index contributed by atoms with van der Waals surface area (Å²) in [5, 5.41) is 12.0. The fraction of sp³-hybridized carbons (Fsp3) is 0.125. The first-order valence-corrected chi connectivity index (χ1v) is 7.33. The highest BCUT2D eigenvalue weighted by Crippen LogP contribution is 2.39. The molecule has 1 aliphatic rings. The van der Waals surface area contributed by atoms with Crippen LogP contribution in [0.15, 0.2) is 47.4 Å². The number of hydrogen-bond acceptors (Lipinski definition) is 3. The molecular formula is C16H12N2OS. The van der Waals surface area contributed by atoms with Crippen molar-refractivity contribution in [3.05, 3.63) is 48.0 Å². The Balaban J connectivity index is 2.13. The first-order valence-electron chi connectivity index (χ1n) is 6.34. The van der Waals surface area contributed by atoms with Crippen molar-refractivity contribution in [2.24, 2.45) is 0 Å². The number of nitrogens with one attached hydrogen (secondary N) is 1. The molecule has 1 amide bonds. The lowest BCUT2D eigenvalue weighted by molar-refractivity contribution is -0.115. The summed E-state index contributed by atoms with van der Waals surface area (Å²) in [6.45, 7) is 0. The lowest BCUT2D eigenvalue weighted by Crippen LogP contribution is -2.10. The monoisotopic (exact) mass is 280 g/mol. The van der Waals surface area contributed by atoms with Crippen LogP contribution < -0.4 is 5.32 Å². The third-order valence-corrected chi connectivity index (χ3v) is 4.30. The summed E-state index contributed by atoms with van der Waals surface area (Å²) in [7, 11) is 0. The minimum atomic E-state index is 0.0548. The van der Waals surface area contributed by atoms with Gasteiger partial charge in [-0.3, -0.25) is 4.79 Å². The summed E-state index contributed by atoms with van der Waals surface area (Å²) in [5.74, 6) is 0.826. The van der Waals surface area contributed by atoms with E-state index in [0.717, 1.165) is 27.5 Å². The van der Waals surface area contributed by atoms with Gasteiger partial charge in [0.25, 0.3) is 0 Å². The van der Waals surface area contributed by atoms with Gasteiger partial charge in [0, 0.05) is 17.1 Å². The third-order valence-electron chi connectivity index (χ3n) is 3.17. The van der Waals surface area contributed by atoms with E-state index in [4.69, 9.17) is 5.26 Å². The highest BCUT2D eigenvalue weighted by atomic mass is 32.2. The van der Waals surface area contributed by atoms with Gasteiger partial charge in [0.1, 0.15) is 0 Å². The lowest BCUT2D eigenvalue weighted by atomic mass is 10.0. The van der Waals surface area contributed by atoms with Gasteiger partial charge in [-0.25, -0.2) is 0 Å². The molecule has 0 spiro atoms. The number of rotatable bonds is 1. The maximum absolute atomic E-state index is 11.6. The Morgan fingerprint density at radius 1 is 1.20 bits per heavy atom. The van der Waals surface area contributed by atoms with Crippen LogP contribution in [0.4, 0.5) is 5.69 Å². The minimum absolute atomic E-state index is 0.0548. The first kappa shape index (κ1) is 12.8. The standard InChI is InChI=1S/C16H12N2OS/c17-10-11-3-1-4-12(9-11)13-5-2-6-14-16(13)20-8-7-15(19)18-14/h1-6,9H,7-8H2,(H,18,19). The molecule has 98 valence electrons. The smallest absolute Gasteiger partial charge is 0.225 e. The van der Waals surface area contributed by atoms with Crippen molar-refractivity contribution in [1.29, 1.82) is 5.26 Å². The summed E-state index contributed by atoms with van der Waals surface area (Å²) in [6, 6.07) is 15.6. The second-order valence-electron chi connectivity index (χ2n) is 4.52. The summed E-state index contributed by atoms with van der Waals surface area (Å²) in [6.07, 6.45) is 0.525. The van der Waals surface area contributed by atoms with Crippen LogP contribution in [0.5, 0.6) is 0 Å². The van der Waals surface area contributed by atoms with Crippen LogP contribution in [-0.2, 0) is 4.79 Å². The number of nitrogens with zero attached hydrogens (tertiary/aromatic N) is 1. The number of hydrogen-bond donors (Lipinski definition) is 1. The fourth-order valence-electron chi connectivity index (χ4n) is 2.23. The molecule has 0 bridgehead atoms. The molecule has 0 saturated carbocycles. The van der Waals surface area contributed by atoms with Crippen LogP contribution in [-0.4, -0.2) is 11.7 Å². The predicted octanol–water partition coefficient (Wildman–Crippen LogP) is 3.66. The zero-order valence-electron chi connectivity index (χ0n) is 10.7. The van der Waals surface area contributed by atoms with Gasteiger partial charge in [0.15, 0.2) is 0 Å². The maximum Gasteiger partial charge on any atom is 0.225 e. The van der Waals surface area contributed by atoms with E-state index in [1.165, 1.54) is 0 Å². The van der Waals surface area contributed by atoms with Gasteiger partial charge >= 0.3 is 0 Å². The van der Waals surface area contributed by atoms with Crippen LogP contribution in [0.2, 0.25) is 0 Å². The Kier molecular flexibility index (Phi) is 3.44. The third kappa shape index (κ3) is 2.40. The quantitative estimate of drug-likeness (QED) is 0.867. The normalized spacial score (nSPS) is 13.8. The van der Waals surface area contributed by atoms with Gasteiger partial charge in [0.2, 0.25) is 5.91 Å². The van der Waals surface area contributed by atoms with E-state index in [-0.39, 0.29) is 5.91 Å². The molecule has 3 rings (SSSR count). The van der Waals surface area contributed by atoms with Crippen LogP contribution in [0.25, 0.3) is 11.1 Å². The average molecular weight is 280 g/mol. The molecule has 0 atom stereocenters. The van der Waals surface area contributed by atoms with Gasteiger partial charge in [-0.2, -0.15) is 5.26 Å². The van der Waals surface area contributed by atoms with Crippen LogP contribution in [0.1, 0.15) is 12.0 Å². The Labute approximate surface area is 121 Å². The molecule has 1 aliphatic heterocycles. The molecule has 0 unspecified atom stereocenters. The highest BCUT2D eigenvalue weighted by Gasteiger charge is 2.17.